The number of piperazine rings is 1. The van der Waals surface area contributed by atoms with Crippen molar-refractivity contribution in [3.05, 3.63) is 64.2 Å². The minimum absolute atomic E-state index is 0.194. The van der Waals surface area contributed by atoms with Crippen molar-refractivity contribution in [3.63, 3.8) is 0 Å². The molecule has 0 spiro atoms. The van der Waals surface area contributed by atoms with Crippen LogP contribution in [0.4, 0.5) is 5.69 Å². The molecule has 1 aliphatic rings. The molecule has 1 atom stereocenters. The summed E-state index contributed by atoms with van der Waals surface area (Å²) in [6.45, 7) is 9.22. The van der Waals surface area contributed by atoms with Crippen molar-refractivity contribution >= 4 is 16.6 Å². The van der Waals surface area contributed by atoms with Crippen LogP contribution in [-0.2, 0) is 5.54 Å². The molecule has 0 saturated carbocycles. The minimum Gasteiger partial charge on any atom is -0.495 e. The Morgan fingerprint density at radius 2 is 1.62 bits per heavy atom. The normalized spacial score (nSPS) is 15.3. The van der Waals surface area contributed by atoms with Crippen molar-refractivity contribution < 1.29 is 14.2 Å². The number of nitrogens with one attached hydrogen (secondary N) is 1. The second kappa shape index (κ2) is 11.2. The van der Waals surface area contributed by atoms with Crippen LogP contribution < -0.4 is 24.7 Å². The zero-order valence-corrected chi connectivity index (χ0v) is 24.0. The average molecular weight is 548 g/mol. The molecule has 1 fully saturated rings. The quantitative estimate of drug-likeness (QED) is 0.336. The number of aromatic amines is 1. The van der Waals surface area contributed by atoms with E-state index in [1.54, 1.807) is 27.4 Å². The van der Waals surface area contributed by atoms with Crippen LogP contribution in [0.1, 0.15) is 44.6 Å². The van der Waals surface area contributed by atoms with Gasteiger partial charge in [-0.1, -0.05) is 19.1 Å². The largest absolute Gasteiger partial charge is 0.495 e. The second-order valence-electron chi connectivity index (χ2n) is 10.6. The number of hydrogen-bond donors (Lipinski definition) is 1. The van der Waals surface area contributed by atoms with Crippen LogP contribution in [0.2, 0.25) is 0 Å². The van der Waals surface area contributed by atoms with Crippen LogP contribution in [0.3, 0.4) is 0 Å². The molecule has 2 aromatic carbocycles. The summed E-state index contributed by atoms with van der Waals surface area (Å²) in [5, 5.41) is 13.8. The van der Waals surface area contributed by atoms with Gasteiger partial charge in [0.2, 0.25) is 0 Å². The van der Waals surface area contributed by atoms with Gasteiger partial charge in [-0.2, -0.15) is 0 Å². The van der Waals surface area contributed by atoms with Crippen LogP contribution in [0.15, 0.2) is 47.3 Å². The van der Waals surface area contributed by atoms with Gasteiger partial charge in [-0.15, -0.1) is 5.10 Å². The van der Waals surface area contributed by atoms with Crippen molar-refractivity contribution in [1.82, 2.24) is 30.1 Å². The van der Waals surface area contributed by atoms with Crippen LogP contribution in [-0.4, -0.2) is 77.6 Å². The number of hydrogen-bond acceptors (Lipinski definition) is 9. The molecule has 40 heavy (non-hydrogen) atoms. The standard InChI is InChI=1S/C29H37N7O4/c1-7-29(2,3)36-27(31-32-33-36)26(35-14-12-34(13-15-35)22-10-8-9-11-23(22)38-4)20-16-19-17-24(39-5)25(40-6)18-21(19)30-28(20)37/h8-11,16-18,26H,7,12-15H2,1-6H3,(H,30,37)/t26-/m1/s1. The summed E-state index contributed by atoms with van der Waals surface area (Å²) in [5.41, 5.74) is 1.77. The predicted molar refractivity (Wildman–Crippen MR) is 154 cm³/mol. The predicted octanol–water partition coefficient (Wildman–Crippen LogP) is 3.60. The van der Waals surface area contributed by atoms with Gasteiger partial charge in [0, 0.05) is 43.2 Å². The van der Waals surface area contributed by atoms with Gasteiger partial charge in [-0.3, -0.25) is 9.69 Å². The van der Waals surface area contributed by atoms with Gasteiger partial charge in [0.25, 0.3) is 5.56 Å². The van der Waals surface area contributed by atoms with Gasteiger partial charge in [-0.05, 0) is 55.0 Å². The lowest BCUT2D eigenvalue weighted by molar-refractivity contribution is 0.186. The molecule has 2 aromatic heterocycles. The van der Waals surface area contributed by atoms with Crippen molar-refractivity contribution in [2.24, 2.45) is 0 Å². The lowest BCUT2D eigenvalue weighted by Gasteiger charge is -2.40. The number of methoxy groups -OCH3 is 3. The fourth-order valence-corrected chi connectivity index (χ4v) is 5.31. The minimum atomic E-state index is -0.457. The molecule has 0 radical (unpaired) electrons. The molecule has 5 rings (SSSR count). The Hall–Kier alpha value is -4.12. The van der Waals surface area contributed by atoms with E-state index in [0.717, 1.165) is 36.3 Å². The number of anilines is 1. The van der Waals surface area contributed by atoms with Gasteiger partial charge in [-0.25, -0.2) is 4.68 Å². The van der Waals surface area contributed by atoms with Crippen LogP contribution in [0, 0.1) is 0 Å². The summed E-state index contributed by atoms with van der Waals surface area (Å²) in [5.74, 6) is 2.63. The Balaban J connectivity index is 1.59. The maximum atomic E-state index is 13.7. The van der Waals surface area contributed by atoms with Gasteiger partial charge >= 0.3 is 0 Å². The van der Waals surface area contributed by atoms with Crippen molar-refractivity contribution in [3.8, 4) is 17.2 Å². The molecule has 11 nitrogen and oxygen atoms in total. The third kappa shape index (κ3) is 4.97. The number of H-pyrrole nitrogens is 1. The topological polar surface area (TPSA) is 111 Å². The van der Waals surface area contributed by atoms with E-state index in [0.29, 0.717) is 41.5 Å². The molecule has 212 valence electrons. The summed E-state index contributed by atoms with van der Waals surface area (Å²) in [6.07, 6.45) is 0.824. The van der Waals surface area contributed by atoms with E-state index in [9.17, 15) is 4.79 Å². The maximum Gasteiger partial charge on any atom is 0.253 e. The molecule has 3 heterocycles. The number of pyridine rings is 1. The number of rotatable bonds is 9. The molecule has 0 aliphatic carbocycles. The zero-order valence-electron chi connectivity index (χ0n) is 24.0. The summed E-state index contributed by atoms with van der Waals surface area (Å²) in [7, 11) is 4.87. The third-order valence-corrected chi connectivity index (χ3v) is 7.95. The number of ether oxygens (including phenoxy) is 3. The van der Waals surface area contributed by atoms with Gasteiger partial charge in [0.15, 0.2) is 17.3 Å². The highest BCUT2D eigenvalue weighted by Gasteiger charge is 2.36. The molecule has 1 saturated heterocycles. The SMILES string of the molecule is CCC(C)(C)n1nnnc1[C@@H](c1cc2cc(OC)c(OC)cc2[nH]c1=O)N1CCN(c2ccccc2OC)CC1. The number of benzene rings is 2. The van der Waals surface area contributed by atoms with E-state index in [-0.39, 0.29) is 11.1 Å². The third-order valence-electron chi connectivity index (χ3n) is 7.95. The van der Waals surface area contributed by atoms with E-state index in [4.69, 9.17) is 14.2 Å². The second-order valence-corrected chi connectivity index (χ2v) is 10.6. The Labute approximate surface area is 233 Å². The average Bonchev–Trinajstić information content (AvgIpc) is 3.48. The van der Waals surface area contributed by atoms with Crippen LogP contribution in [0.25, 0.3) is 10.9 Å². The fourth-order valence-electron chi connectivity index (χ4n) is 5.31. The first kappa shape index (κ1) is 27.4. The number of fused-ring (bicyclic) bond motifs is 1. The van der Waals surface area contributed by atoms with Crippen molar-refractivity contribution in [2.75, 3.05) is 52.4 Å². The molecule has 0 amide bonds. The Bertz CT molecular complexity index is 1540. The summed E-state index contributed by atoms with van der Waals surface area (Å²) in [4.78, 5) is 21.4. The Morgan fingerprint density at radius 3 is 2.30 bits per heavy atom. The molecule has 11 heteroatoms. The zero-order chi connectivity index (χ0) is 28.4. The van der Waals surface area contributed by atoms with Crippen molar-refractivity contribution in [1.29, 1.82) is 0 Å². The lowest BCUT2D eigenvalue weighted by Crippen LogP contribution is -2.49. The number of para-hydroxylation sites is 2. The lowest BCUT2D eigenvalue weighted by atomic mass is 9.98. The number of nitrogens with zero attached hydrogens (tertiary/aromatic N) is 6. The number of aromatic nitrogens is 5. The highest BCUT2D eigenvalue weighted by atomic mass is 16.5. The smallest absolute Gasteiger partial charge is 0.253 e. The Kier molecular flexibility index (Phi) is 7.66. The van der Waals surface area contributed by atoms with E-state index in [2.05, 4.69) is 57.1 Å². The summed E-state index contributed by atoms with van der Waals surface area (Å²) >= 11 is 0. The van der Waals surface area contributed by atoms with Gasteiger partial charge < -0.3 is 24.1 Å². The fraction of sp³-hybridized carbons (Fsp3) is 0.448. The molecular formula is C29H37N7O4. The maximum absolute atomic E-state index is 13.7. The van der Waals surface area contributed by atoms with Gasteiger partial charge in [0.1, 0.15) is 11.8 Å². The first-order valence-corrected chi connectivity index (χ1v) is 13.5. The van der Waals surface area contributed by atoms with E-state index in [1.807, 2.05) is 35.0 Å². The summed E-state index contributed by atoms with van der Waals surface area (Å²) < 4.78 is 18.5. The Morgan fingerprint density at radius 1 is 0.950 bits per heavy atom. The first-order chi connectivity index (χ1) is 19.3. The highest BCUT2D eigenvalue weighted by molar-refractivity contribution is 5.83. The van der Waals surface area contributed by atoms with Crippen LogP contribution >= 0.6 is 0 Å². The molecule has 0 bridgehead atoms. The van der Waals surface area contributed by atoms with Gasteiger partial charge in [0.05, 0.1) is 38.1 Å². The highest BCUT2D eigenvalue weighted by Crippen LogP contribution is 2.35. The van der Waals surface area contributed by atoms with E-state index >= 15 is 0 Å². The molecule has 0 unspecified atom stereocenters. The molecule has 4 aromatic rings. The monoisotopic (exact) mass is 547 g/mol. The van der Waals surface area contributed by atoms with Crippen molar-refractivity contribution in [2.45, 2.75) is 38.8 Å². The van der Waals surface area contributed by atoms with Crippen LogP contribution in [0.5, 0.6) is 17.2 Å². The molecular weight excluding hydrogens is 510 g/mol. The van der Waals surface area contributed by atoms with E-state index in [1.165, 1.54) is 0 Å². The molecule has 1 N–H and O–H groups in total. The number of tetrazole rings is 1. The molecule has 1 aliphatic heterocycles. The summed E-state index contributed by atoms with van der Waals surface area (Å²) in [6, 6.07) is 13.2. The first-order valence-electron chi connectivity index (χ1n) is 13.5. The van der Waals surface area contributed by atoms with E-state index < -0.39 is 6.04 Å².